The Morgan fingerprint density at radius 2 is 1.54 bits per heavy atom. The minimum Gasteiger partial charge on any atom is -0.459 e. The third-order valence-corrected chi connectivity index (χ3v) is 4.90. The maximum atomic E-state index is 13.0. The molecule has 0 saturated heterocycles. The van der Waals surface area contributed by atoms with Crippen molar-refractivity contribution in [3.8, 4) is 11.5 Å². The van der Waals surface area contributed by atoms with Crippen molar-refractivity contribution in [1.82, 2.24) is 9.13 Å². The van der Waals surface area contributed by atoms with Crippen molar-refractivity contribution in [3.63, 3.8) is 0 Å². The van der Waals surface area contributed by atoms with Gasteiger partial charge in [-0.3, -0.25) is 18.7 Å². The Balaban J connectivity index is 1.67. The van der Waals surface area contributed by atoms with Gasteiger partial charge < -0.3 is 9.47 Å². The van der Waals surface area contributed by atoms with Crippen LogP contribution in [0.2, 0.25) is 0 Å². The normalized spacial score (nSPS) is 12.6. The highest BCUT2D eigenvalue weighted by atomic mass is 16.5. The van der Waals surface area contributed by atoms with E-state index in [2.05, 4.69) is 0 Å². The number of carbonyl (C=O) groups excluding carboxylic acids is 1. The van der Waals surface area contributed by atoms with Crippen molar-refractivity contribution >= 4 is 5.97 Å². The molecule has 2 aromatic carbocycles. The lowest BCUT2D eigenvalue weighted by atomic mass is 9.88. The number of hydrogen-bond acceptors (Lipinski definition) is 5. The molecule has 0 spiro atoms. The molecule has 3 aromatic rings. The number of fused-ring (bicyclic) bond motifs is 2. The third kappa shape index (κ3) is 2.90. The van der Waals surface area contributed by atoms with Gasteiger partial charge in [0.25, 0.3) is 5.56 Å². The Morgan fingerprint density at radius 1 is 0.964 bits per heavy atom. The third-order valence-electron chi connectivity index (χ3n) is 4.90. The molecule has 0 amide bonds. The van der Waals surface area contributed by atoms with Crippen LogP contribution in [-0.4, -0.2) is 15.1 Å². The molecule has 1 aliphatic rings. The lowest BCUT2D eigenvalue weighted by molar-refractivity contribution is -0.146. The van der Waals surface area contributed by atoms with E-state index in [0.717, 1.165) is 4.57 Å². The summed E-state index contributed by atoms with van der Waals surface area (Å²) in [5, 5.41) is 0. The molecular weight excluding hydrogens is 360 g/mol. The summed E-state index contributed by atoms with van der Waals surface area (Å²) in [6.45, 7) is -0.178. The van der Waals surface area contributed by atoms with Gasteiger partial charge in [0, 0.05) is 31.3 Å². The van der Waals surface area contributed by atoms with Gasteiger partial charge in [0.2, 0.25) is 0 Å². The van der Waals surface area contributed by atoms with Gasteiger partial charge in [0.1, 0.15) is 24.0 Å². The zero-order chi connectivity index (χ0) is 19.8. The van der Waals surface area contributed by atoms with E-state index >= 15 is 0 Å². The highest BCUT2D eigenvalue weighted by molar-refractivity contribution is 5.85. The molecule has 1 aliphatic heterocycles. The second-order valence-corrected chi connectivity index (χ2v) is 6.59. The Hall–Kier alpha value is -3.61. The molecule has 142 valence electrons. The van der Waals surface area contributed by atoms with E-state index < -0.39 is 23.1 Å². The van der Waals surface area contributed by atoms with E-state index in [9.17, 15) is 14.4 Å². The van der Waals surface area contributed by atoms with Crippen molar-refractivity contribution in [3.05, 3.63) is 92.3 Å². The second kappa shape index (κ2) is 6.84. The molecule has 28 heavy (non-hydrogen) atoms. The fourth-order valence-electron chi connectivity index (χ4n) is 3.31. The summed E-state index contributed by atoms with van der Waals surface area (Å²) in [4.78, 5) is 36.9. The monoisotopic (exact) mass is 378 g/mol. The average Bonchev–Trinajstić information content (AvgIpc) is 2.71. The second-order valence-electron chi connectivity index (χ2n) is 6.59. The Labute approximate surface area is 160 Å². The molecule has 7 heteroatoms. The SMILES string of the molecule is Cn1c(COC(=O)C2c3ccccc3Oc3ccccc32)cc(=O)n(C)c1=O. The van der Waals surface area contributed by atoms with Crippen molar-refractivity contribution in [2.75, 3.05) is 0 Å². The van der Waals surface area contributed by atoms with Gasteiger partial charge in [0.05, 0.1) is 5.69 Å². The number of benzene rings is 2. The summed E-state index contributed by atoms with van der Waals surface area (Å²) in [6.07, 6.45) is 0. The van der Waals surface area contributed by atoms with E-state index in [0.29, 0.717) is 28.3 Å². The molecule has 0 saturated carbocycles. The van der Waals surface area contributed by atoms with Crippen LogP contribution in [0.4, 0.5) is 0 Å². The van der Waals surface area contributed by atoms with Gasteiger partial charge in [-0.05, 0) is 12.1 Å². The van der Waals surface area contributed by atoms with E-state index in [1.54, 1.807) is 12.1 Å². The average molecular weight is 378 g/mol. The van der Waals surface area contributed by atoms with Crippen LogP contribution >= 0.6 is 0 Å². The maximum Gasteiger partial charge on any atom is 0.330 e. The predicted molar refractivity (Wildman–Crippen MR) is 102 cm³/mol. The Bertz CT molecular complexity index is 1150. The Morgan fingerprint density at radius 3 is 2.14 bits per heavy atom. The van der Waals surface area contributed by atoms with Crippen LogP contribution in [-0.2, 0) is 30.2 Å². The quantitative estimate of drug-likeness (QED) is 0.652. The molecule has 7 nitrogen and oxygen atoms in total. The first kappa shape index (κ1) is 17.8. The smallest absolute Gasteiger partial charge is 0.330 e. The highest BCUT2D eigenvalue weighted by Gasteiger charge is 2.33. The predicted octanol–water partition coefficient (Wildman–Crippen LogP) is 2.06. The molecule has 0 bridgehead atoms. The number of ether oxygens (including phenoxy) is 2. The summed E-state index contributed by atoms with van der Waals surface area (Å²) >= 11 is 0. The van der Waals surface area contributed by atoms with Crippen LogP contribution in [0.1, 0.15) is 22.7 Å². The van der Waals surface area contributed by atoms with Crippen molar-refractivity contribution in [2.24, 2.45) is 14.1 Å². The van der Waals surface area contributed by atoms with Crippen LogP contribution in [0.25, 0.3) is 0 Å². The first-order valence-corrected chi connectivity index (χ1v) is 8.75. The fraction of sp³-hybridized carbons (Fsp3) is 0.190. The zero-order valence-electron chi connectivity index (χ0n) is 15.4. The number of rotatable bonds is 3. The van der Waals surface area contributed by atoms with Crippen LogP contribution < -0.4 is 16.0 Å². The number of hydrogen-bond donors (Lipinski definition) is 0. The summed E-state index contributed by atoms with van der Waals surface area (Å²) < 4.78 is 13.7. The van der Waals surface area contributed by atoms with Crippen molar-refractivity contribution in [1.29, 1.82) is 0 Å². The van der Waals surface area contributed by atoms with Gasteiger partial charge in [-0.2, -0.15) is 0 Å². The molecule has 0 aliphatic carbocycles. The van der Waals surface area contributed by atoms with Crippen LogP contribution in [0, 0.1) is 0 Å². The summed E-state index contributed by atoms with van der Waals surface area (Å²) in [7, 11) is 2.93. The minimum absolute atomic E-state index is 0.178. The van der Waals surface area contributed by atoms with Crippen molar-refractivity contribution < 1.29 is 14.3 Å². The number of carbonyl (C=O) groups is 1. The zero-order valence-corrected chi connectivity index (χ0v) is 15.4. The van der Waals surface area contributed by atoms with Gasteiger partial charge in [-0.15, -0.1) is 0 Å². The highest BCUT2D eigenvalue weighted by Crippen LogP contribution is 2.44. The molecule has 4 rings (SSSR count). The lowest BCUT2D eigenvalue weighted by Crippen LogP contribution is -2.38. The largest absolute Gasteiger partial charge is 0.459 e. The molecule has 0 fully saturated rings. The van der Waals surface area contributed by atoms with Gasteiger partial charge in [0.15, 0.2) is 0 Å². The number of nitrogens with zero attached hydrogens (tertiary/aromatic N) is 2. The molecule has 2 heterocycles. The molecule has 1 aromatic heterocycles. The van der Waals surface area contributed by atoms with Crippen LogP contribution in [0.3, 0.4) is 0 Å². The van der Waals surface area contributed by atoms with E-state index in [1.165, 1.54) is 24.7 Å². The number of esters is 1. The minimum atomic E-state index is -0.648. The summed E-state index contributed by atoms with van der Waals surface area (Å²) in [5.74, 6) is 0.0781. The topological polar surface area (TPSA) is 79.5 Å². The van der Waals surface area contributed by atoms with Gasteiger partial charge in [-0.25, -0.2) is 4.79 Å². The first-order valence-electron chi connectivity index (χ1n) is 8.75. The molecular formula is C21H18N2O5. The molecule has 0 atom stereocenters. The Kier molecular flexibility index (Phi) is 4.35. The number of aromatic nitrogens is 2. The van der Waals surface area contributed by atoms with Gasteiger partial charge in [-0.1, -0.05) is 36.4 Å². The van der Waals surface area contributed by atoms with Crippen LogP contribution in [0.5, 0.6) is 11.5 Å². The fourth-order valence-corrected chi connectivity index (χ4v) is 3.31. The van der Waals surface area contributed by atoms with E-state index in [-0.39, 0.29) is 6.61 Å². The standard InChI is InChI=1S/C21H18N2O5/c1-22-13(11-18(24)23(2)21(22)26)12-27-20(25)19-14-7-3-5-9-16(14)28-17-10-6-4-8-15(17)19/h3-11,19H,12H2,1-2H3. The van der Waals surface area contributed by atoms with Crippen molar-refractivity contribution in [2.45, 2.75) is 12.5 Å². The maximum absolute atomic E-state index is 13.0. The molecule has 0 radical (unpaired) electrons. The molecule has 0 N–H and O–H groups in total. The lowest BCUT2D eigenvalue weighted by Gasteiger charge is -2.26. The first-order chi connectivity index (χ1) is 13.5. The number of para-hydroxylation sites is 2. The van der Waals surface area contributed by atoms with Crippen LogP contribution in [0.15, 0.2) is 64.2 Å². The van der Waals surface area contributed by atoms with E-state index in [1.807, 2.05) is 36.4 Å². The summed E-state index contributed by atoms with van der Waals surface area (Å²) in [5.41, 5.74) is 0.833. The summed E-state index contributed by atoms with van der Waals surface area (Å²) in [6, 6.07) is 15.9. The molecule has 0 unspecified atom stereocenters. The van der Waals surface area contributed by atoms with E-state index in [4.69, 9.17) is 9.47 Å². The van der Waals surface area contributed by atoms with Gasteiger partial charge >= 0.3 is 11.7 Å².